The van der Waals surface area contributed by atoms with Crippen LogP contribution in [0.4, 0.5) is 0 Å². The summed E-state index contributed by atoms with van der Waals surface area (Å²) in [6.45, 7) is 0.533. The zero-order valence-electron chi connectivity index (χ0n) is 30.1. The van der Waals surface area contributed by atoms with Gasteiger partial charge in [-0.25, -0.2) is 20.3 Å². The van der Waals surface area contributed by atoms with Gasteiger partial charge in [-0.15, -0.1) is 0 Å². The monoisotopic (exact) mass is 763 g/mol. The van der Waals surface area contributed by atoms with Crippen LogP contribution in [0.1, 0.15) is 51.0 Å². The van der Waals surface area contributed by atoms with Crippen molar-refractivity contribution in [1.29, 1.82) is 0 Å². The average molecular weight is 764 g/mol. The molecule has 54 heavy (non-hydrogen) atoms. The molecule has 2 heterocycles. The highest BCUT2D eigenvalue weighted by Gasteiger charge is 2.39. The summed E-state index contributed by atoms with van der Waals surface area (Å²) in [6.07, 6.45) is -0.771. The number of ether oxygens (including phenoxy) is 2. The lowest BCUT2D eigenvalue weighted by molar-refractivity contribution is -0.158. The predicted molar refractivity (Wildman–Crippen MR) is 186 cm³/mol. The fraction of sp³-hybridized carbons (Fsp3) is 0.576. The summed E-state index contributed by atoms with van der Waals surface area (Å²) in [5, 5.41) is 39.2. The second-order valence-electron chi connectivity index (χ2n) is 12.7. The van der Waals surface area contributed by atoms with E-state index in [-0.39, 0.29) is 82.0 Å². The molecule has 6 amide bonds. The largest absolute Gasteiger partial charge is 0.507 e. The van der Waals surface area contributed by atoms with Gasteiger partial charge in [-0.1, -0.05) is 12.1 Å². The summed E-state index contributed by atoms with van der Waals surface area (Å²) in [5.41, 5.74) is 7.91. The second kappa shape index (κ2) is 21.4. The molecule has 1 aromatic carbocycles. The quantitative estimate of drug-likeness (QED) is 0.0251. The van der Waals surface area contributed by atoms with Gasteiger partial charge in [-0.05, 0) is 64.1 Å². The van der Waals surface area contributed by atoms with E-state index in [4.69, 9.17) is 20.4 Å². The number of phenolic OH excluding ortho intramolecular Hbond substituents is 1. The summed E-state index contributed by atoms with van der Waals surface area (Å²) in [5.74, 6) is -4.99. The summed E-state index contributed by atoms with van der Waals surface area (Å²) in [4.78, 5) is 97.0. The zero-order valence-corrected chi connectivity index (χ0v) is 30.1. The number of likely N-dealkylation sites (N-methyl/N-ethyl adjacent to an activating group) is 1. The molecule has 0 saturated carbocycles. The number of nitrogens with zero attached hydrogens (tertiary/aromatic N) is 3. The highest BCUT2D eigenvalue weighted by atomic mass is 16.5. The first kappa shape index (κ1) is 43.0. The Bertz CT molecular complexity index is 1530. The first-order chi connectivity index (χ1) is 25.8. The Morgan fingerprint density at radius 3 is 2.46 bits per heavy atom. The first-order valence-electron chi connectivity index (χ1n) is 17.4. The van der Waals surface area contributed by atoms with Crippen molar-refractivity contribution in [2.24, 2.45) is 10.7 Å². The molecule has 3 rings (SSSR count). The van der Waals surface area contributed by atoms with Gasteiger partial charge < -0.3 is 51.7 Å². The van der Waals surface area contributed by atoms with Crippen molar-refractivity contribution in [3.63, 3.8) is 0 Å². The highest BCUT2D eigenvalue weighted by molar-refractivity contribution is 6.01. The third-order valence-corrected chi connectivity index (χ3v) is 8.68. The van der Waals surface area contributed by atoms with E-state index < -0.39 is 78.4 Å². The average Bonchev–Trinajstić information content (AvgIpc) is 3.65. The van der Waals surface area contributed by atoms with Gasteiger partial charge >= 0.3 is 5.97 Å². The molecular formula is C33H49N9O12. The van der Waals surface area contributed by atoms with Crippen molar-refractivity contribution < 1.29 is 58.6 Å². The number of cyclic esters (lactones) is 1. The van der Waals surface area contributed by atoms with Gasteiger partial charge in [0.15, 0.2) is 6.04 Å². The van der Waals surface area contributed by atoms with E-state index in [0.29, 0.717) is 11.5 Å². The zero-order chi connectivity index (χ0) is 39.8. The lowest BCUT2D eigenvalue weighted by atomic mass is 10.0. The first-order valence-corrected chi connectivity index (χ1v) is 17.4. The number of hydrogen-bond donors (Lipinski definition) is 9. The maximum atomic E-state index is 14.1. The predicted octanol–water partition coefficient (Wildman–Crippen LogP) is -2.99. The Morgan fingerprint density at radius 2 is 1.78 bits per heavy atom. The van der Waals surface area contributed by atoms with E-state index >= 15 is 0 Å². The smallest absolute Gasteiger partial charge is 0.328 e. The number of phenols is 1. The van der Waals surface area contributed by atoms with E-state index in [1.54, 1.807) is 18.2 Å². The number of para-hydroxylation sites is 1. The minimum absolute atomic E-state index is 0.00148. The molecule has 0 aliphatic carbocycles. The van der Waals surface area contributed by atoms with Crippen LogP contribution in [-0.2, 0) is 43.0 Å². The van der Waals surface area contributed by atoms with Gasteiger partial charge in [0.05, 0.1) is 12.1 Å². The van der Waals surface area contributed by atoms with Crippen LogP contribution in [0.5, 0.6) is 5.75 Å². The molecule has 0 aromatic heterocycles. The number of aliphatic imine (C=N–C) groups is 1. The van der Waals surface area contributed by atoms with Crippen LogP contribution in [0.15, 0.2) is 29.3 Å². The molecule has 1 aromatic rings. The van der Waals surface area contributed by atoms with Crippen LogP contribution in [0.3, 0.4) is 0 Å². The molecule has 1 fully saturated rings. The Hall–Kier alpha value is -5.38. The van der Waals surface area contributed by atoms with Gasteiger partial charge in [0.1, 0.15) is 42.6 Å². The summed E-state index contributed by atoms with van der Waals surface area (Å²) in [6, 6.07) is -0.213. The van der Waals surface area contributed by atoms with Crippen molar-refractivity contribution in [1.82, 2.24) is 36.7 Å². The van der Waals surface area contributed by atoms with E-state index in [1.165, 1.54) is 20.0 Å². The molecule has 2 aliphatic heterocycles. The summed E-state index contributed by atoms with van der Waals surface area (Å²) < 4.78 is 11.1. The standard InChI is InChI=1S/C33H49N9O12/c1-19-27(40-26(45)16-35-28(46)23-17-53-31(39-23)20-8-3-4-12-25(20)44)32(49)41(2)24(11-6-14-36-51)30(48)37-21(9-5-13-34)29(47)38-22(33(50)54-19)10-7-15-42(52)18-43/h3-4,8,12,18-19,21-24,27,36,44,51-52H,5-7,9-11,13-17,34H2,1-2H3,(H,35,46)(H,37,48)(H,38,47)(H,40,45). The van der Waals surface area contributed by atoms with Crippen LogP contribution in [0.2, 0.25) is 0 Å². The second-order valence-corrected chi connectivity index (χ2v) is 12.7. The van der Waals surface area contributed by atoms with Crippen molar-refractivity contribution in [2.75, 3.05) is 39.8 Å². The van der Waals surface area contributed by atoms with Crippen LogP contribution in [0.25, 0.3) is 0 Å². The van der Waals surface area contributed by atoms with E-state index in [9.17, 15) is 43.9 Å². The molecule has 6 atom stereocenters. The fourth-order valence-electron chi connectivity index (χ4n) is 5.67. The number of nitrogens with two attached hydrogens (primary N) is 1. The minimum Gasteiger partial charge on any atom is -0.507 e. The normalized spacial score (nSPS) is 23.6. The van der Waals surface area contributed by atoms with Gasteiger partial charge in [0, 0.05) is 20.1 Å². The number of hydroxylamine groups is 3. The molecule has 298 valence electrons. The number of carbonyl (C=O) groups excluding carboxylic acids is 7. The van der Waals surface area contributed by atoms with Crippen LogP contribution < -0.4 is 32.5 Å². The molecule has 0 bridgehead atoms. The molecule has 0 spiro atoms. The summed E-state index contributed by atoms with van der Waals surface area (Å²) >= 11 is 0. The van der Waals surface area contributed by atoms with Crippen LogP contribution in [-0.4, -0.2) is 149 Å². The Balaban J connectivity index is 1.86. The molecule has 21 heteroatoms. The Labute approximate surface area is 310 Å². The van der Waals surface area contributed by atoms with Crippen molar-refractivity contribution in [2.45, 2.75) is 81.8 Å². The van der Waals surface area contributed by atoms with Gasteiger partial charge in [-0.3, -0.25) is 34.0 Å². The molecule has 21 nitrogen and oxygen atoms in total. The Morgan fingerprint density at radius 1 is 1.07 bits per heavy atom. The maximum absolute atomic E-state index is 14.1. The number of hydrogen-bond acceptors (Lipinski definition) is 15. The van der Waals surface area contributed by atoms with Gasteiger partial charge in [-0.2, -0.15) is 0 Å². The lowest BCUT2D eigenvalue weighted by Crippen LogP contribution is -2.60. The van der Waals surface area contributed by atoms with Crippen LogP contribution in [0, 0.1) is 0 Å². The third kappa shape index (κ3) is 12.4. The number of esters is 1. The molecule has 6 unspecified atom stereocenters. The number of benzene rings is 1. The summed E-state index contributed by atoms with van der Waals surface area (Å²) in [7, 11) is 1.29. The fourth-order valence-corrected chi connectivity index (χ4v) is 5.67. The van der Waals surface area contributed by atoms with Gasteiger partial charge in [0.25, 0.3) is 0 Å². The minimum atomic E-state index is -1.61. The molecule has 10 N–H and O–H groups in total. The number of aromatic hydroxyl groups is 1. The SMILES string of the molecule is CC1OC(=O)C(CCCN(O)C=O)NC(=O)C(CCCN)NC(=O)C(CCCNO)N(C)C(=O)C1NC(=O)CNC(=O)C1COC(c2ccccc2O)=N1. The third-order valence-electron chi connectivity index (χ3n) is 8.68. The topological polar surface area (TPSA) is 304 Å². The molecule has 1 saturated heterocycles. The number of carbonyl (C=O) groups is 7. The number of amides is 6. The maximum Gasteiger partial charge on any atom is 0.328 e. The molecule has 0 radical (unpaired) electrons. The molecular weight excluding hydrogens is 714 g/mol. The Kier molecular flexibility index (Phi) is 17.0. The van der Waals surface area contributed by atoms with E-state index in [2.05, 4.69) is 26.3 Å². The van der Waals surface area contributed by atoms with E-state index in [1.807, 2.05) is 5.48 Å². The van der Waals surface area contributed by atoms with E-state index in [0.717, 1.165) is 4.90 Å². The van der Waals surface area contributed by atoms with Crippen molar-refractivity contribution in [3.05, 3.63) is 29.8 Å². The van der Waals surface area contributed by atoms with Gasteiger partial charge in [0.2, 0.25) is 41.8 Å². The van der Waals surface area contributed by atoms with Crippen molar-refractivity contribution in [3.8, 4) is 5.75 Å². The van der Waals surface area contributed by atoms with Crippen LogP contribution >= 0.6 is 0 Å². The number of rotatable bonds is 17. The van der Waals surface area contributed by atoms with Crippen molar-refractivity contribution >= 4 is 47.8 Å². The highest BCUT2D eigenvalue weighted by Crippen LogP contribution is 2.21. The number of nitrogens with one attached hydrogen (secondary N) is 5. The molecule has 2 aliphatic rings. The lowest BCUT2D eigenvalue weighted by Gasteiger charge is -2.33.